The van der Waals surface area contributed by atoms with Crippen molar-refractivity contribution in [2.24, 2.45) is 10.9 Å². The first-order valence-electron chi connectivity index (χ1n) is 13.8. The molecule has 41 heavy (non-hydrogen) atoms. The highest BCUT2D eigenvalue weighted by Gasteiger charge is 2.36. The lowest BCUT2D eigenvalue weighted by molar-refractivity contribution is -0.142. The van der Waals surface area contributed by atoms with E-state index in [0.29, 0.717) is 42.8 Å². The van der Waals surface area contributed by atoms with E-state index in [0.717, 1.165) is 22.6 Å². The molecular formula is C31H38Cl3N3O3S. The molecule has 0 aliphatic heterocycles. The molecule has 222 valence electrons. The van der Waals surface area contributed by atoms with Crippen LogP contribution in [-0.2, 0) is 20.7 Å². The fraction of sp³-hybridized carbons (Fsp3) is 0.484. The van der Waals surface area contributed by atoms with Gasteiger partial charge in [-0.3, -0.25) is 20.0 Å². The number of aryl methyl sites for hydroxylation is 1. The Labute approximate surface area is 263 Å². The van der Waals surface area contributed by atoms with Crippen LogP contribution < -0.4 is 5.32 Å². The van der Waals surface area contributed by atoms with Gasteiger partial charge in [0.15, 0.2) is 0 Å². The molecule has 0 saturated carbocycles. The lowest BCUT2D eigenvalue weighted by Gasteiger charge is -2.35. The average molecular weight is 639 g/mol. The summed E-state index contributed by atoms with van der Waals surface area (Å²) in [6.07, 6.45) is 9.49. The summed E-state index contributed by atoms with van der Waals surface area (Å²) in [5.74, 6) is -1.56. The van der Waals surface area contributed by atoms with Crippen LogP contribution in [-0.4, -0.2) is 52.1 Å². The lowest BCUT2D eigenvalue weighted by atomic mass is 9.88. The molecule has 2 aliphatic carbocycles. The van der Waals surface area contributed by atoms with E-state index in [1.165, 1.54) is 6.92 Å². The number of ether oxygens (including phenoxy) is 1. The van der Waals surface area contributed by atoms with Gasteiger partial charge < -0.3 is 10.1 Å². The topological polar surface area (TPSA) is 91.6 Å². The molecule has 0 heterocycles. The second kappa shape index (κ2) is 15.4. The Morgan fingerprint density at radius 2 is 1.88 bits per heavy atom. The number of hydrogen-bond donors (Lipinski definition) is 3. The number of hydrogen-bond acceptors (Lipinski definition) is 6. The third-order valence-corrected chi connectivity index (χ3v) is 9.31. The monoisotopic (exact) mass is 637 g/mol. The van der Waals surface area contributed by atoms with Crippen LogP contribution in [0.1, 0.15) is 58.4 Å². The Balaban J connectivity index is 1.79. The van der Waals surface area contributed by atoms with Gasteiger partial charge in [0.25, 0.3) is 5.91 Å². The zero-order valence-electron chi connectivity index (χ0n) is 23.6. The third-order valence-electron chi connectivity index (χ3n) is 7.54. The molecule has 0 spiro atoms. The number of thiol groups is 1. The van der Waals surface area contributed by atoms with Crippen molar-refractivity contribution < 1.29 is 14.3 Å². The van der Waals surface area contributed by atoms with Crippen molar-refractivity contribution in [2.45, 2.75) is 81.5 Å². The Morgan fingerprint density at radius 3 is 2.49 bits per heavy atom. The third kappa shape index (κ3) is 9.74. The number of amides is 1. The second-order valence-corrected chi connectivity index (χ2v) is 13.0. The number of alkyl halides is 1. The number of allylic oxidation sites excluding steroid dienone is 5. The van der Waals surface area contributed by atoms with E-state index in [-0.39, 0.29) is 23.7 Å². The number of nitrogens with zero attached hydrogens (tertiary/aromatic N) is 1. The fourth-order valence-corrected chi connectivity index (χ4v) is 5.83. The van der Waals surface area contributed by atoms with Gasteiger partial charge in [0, 0.05) is 41.1 Å². The molecule has 2 aliphatic rings. The number of carbonyl (C=O) groups is 2. The summed E-state index contributed by atoms with van der Waals surface area (Å²) in [6.45, 7) is 4.98. The molecule has 2 N–H and O–H groups in total. The Morgan fingerprint density at radius 1 is 1.17 bits per heavy atom. The summed E-state index contributed by atoms with van der Waals surface area (Å²) in [7, 11) is 0. The maximum atomic E-state index is 13.5. The van der Waals surface area contributed by atoms with Crippen LogP contribution in [0.15, 0.2) is 69.2 Å². The largest absolute Gasteiger partial charge is 0.464 e. The van der Waals surface area contributed by atoms with E-state index in [4.69, 9.17) is 62.6 Å². The van der Waals surface area contributed by atoms with E-state index < -0.39 is 28.6 Å². The quantitative estimate of drug-likeness (QED) is 0.0980. The molecule has 5 unspecified atom stereocenters. The predicted molar refractivity (Wildman–Crippen MR) is 173 cm³/mol. The summed E-state index contributed by atoms with van der Waals surface area (Å²) in [5.41, 5.74) is 2.55. The first kappa shape index (κ1) is 33.4. The minimum Gasteiger partial charge on any atom is -0.464 e. The summed E-state index contributed by atoms with van der Waals surface area (Å²) in [5, 5.41) is 13.0. The molecule has 1 amide bonds. The normalized spacial score (nSPS) is 22.3. The van der Waals surface area contributed by atoms with Crippen molar-refractivity contribution in [3.05, 3.63) is 69.8 Å². The molecule has 1 aromatic carbocycles. The van der Waals surface area contributed by atoms with E-state index in [1.54, 1.807) is 13.0 Å². The average Bonchev–Trinajstić information content (AvgIpc) is 2.95. The van der Waals surface area contributed by atoms with Gasteiger partial charge in [-0.15, -0.1) is 11.6 Å². The van der Waals surface area contributed by atoms with Gasteiger partial charge in [-0.25, -0.2) is 0 Å². The number of benzene rings is 1. The maximum Gasteiger partial charge on any atom is 0.302 e. The molecule has 0 bridgehead atoms. The maximum absolute atomic E-state index is 13.5. The summed E-state index contributed by atoms with van der Waals surface area (Å²) in [6, 6.07) is 9.12. The minimum atomic E-state index is -0.858. The molecule has 5 atom stereocenters. The summed E-state index contributed by atoms with van der Waals surface area (Å²) in [4.78, 5) is 30.0. The van der Waals surface area contributed by atoms with Gasteiger partial charge in [-0.2, -0.15) is 12.6 Å². The minimum absolute atomic E-state index is 0.0172. The summed E-state index contributed by atoms with van der Waals surface area (Å²) < 4.78 is 4.49. The van der Waals surface area contributed by atoms with E-state index >= 15 is 0 Å². The molecule has 1 aromatic rings. The molecule has 3 rings (SSSR count). The van der Waals surface area contributed by atoms with Gasteiger partial charge in [-0.05, 0) is 56.2 Å². The molecular weight excluding hydrogens is 601 g/mol. The number of esters is 1. The number of carbonyl (C=O) groups excluding carboxylic acids is 2. The van der Waals surface area contributed by atoms with Crippen molar-refractivity contribution in [1.29, 1.82) is 5.41 Å². The van der Waals surface area contributed by atoms with Gasteiger partial charge >= 0.3 is 5.97 Å². The molecule has 0 aromatic heterocycles. The number of nitrogens with one attached hydrogen (secondary N) is 2. The van der Waals surface area contributed by atoms with Crippen molar-refractivity contribution in [3.8, 4) is 0 Å². The van der Waals surface area contributed by atoms with Gasteiger partial charge in [-0.1, -0.05) is 72.6 Å². The first-order chi connectivity index (χ1) is 19.4. The first-order valence-corrected chi connectivity index (χ1v) is 15.5. The fourth-order valence-electron chi connectivity index (χ4n) is 4.79. The zero-order chi connectivity index (χ0) is 30.2. The lowest BCUT2D eigenvalue weighted by Crippen LogP contribution is -2.53. The number of halogens is 3. The van der Waals surface area contributed by atoms with Crippen LogP contribution in [0, 0.1) is 11.3 Å². The highest BCUT2D eigenvalue weighted by Crippen LogP contribution is 2.31. The van der Waals surface area contributed by atoms with Crippen LogP contribution in [0.5, 0.6) is 0 Å². The van der Waals surface area contributed by atoms with Crippen molar-refractivity contribution >= 4 is 70.7 Å². The molecule has 0 saturated heterocycles. The number of aliphatic imine (C=N–C) groups is 1. The summed E-state index contributed by atoms with van der Waals surface area (Å²) >= 11 is 23.9. The highest BCUT2D eigenvalue weighted by molar-refractivity contribution is 7.82. The standard InChI is InChI=1S/C31H38Cl3N3O3S/c1-19(29(23-9-11-24(32)12-10-23)37-27-14-13-25(33)17-26(27)34)28(35)30(39)36-20(2)31(41,18-40-21(3)38)16-15-22-7-5-4-6-8-22/h4-9,12,17,19-20,25,27,35,41H,10-11,13-16,18H2,1-3H3,(H,36,39). The SMILES string of the molecule is CC(=O)OCC(S)(CCc1ccccc1)C(C)NC(=O)C(=N)C(C)C(=NC1CCC(Cl)C=C1Cl)C1=CCC(Cl)=CC1. The molecule has 0 radical (unpaired) electrons. The zero-order valence-corrected chi connectivity index (χ0v) is 26.8. The van der Waals surface area contributed by atoms with E-state index in [2.05, 4.69) is 5.32 Å². The predicted octanol–water partition coefficient (Wildman–Crippen LogP) is 7.19. The van der Waals surface area contributed by atoms with E-state index in [9.17, 15) is 9.59 Å². The molecule has 0 fully saturated rings. The van der Waals surface area contributed by atoms with Crippen LogP contribution >= 0.6 is 47.4 Å². The second-order valence-electron chi connectivity index (χ2n) is 10.7. The van der Waals surface area contributed by atoms with Crippen molar-refractivity contribution in [1.82, 2.24) is 5.32 Å². The van der Waals surface area contributed by atoms with Crippen molar-refractivity contribution in [3.63, 3.8) is 0 Å². The van der Waals surface area contributed by atoms with Crippen molar-refractivity contribution in [2.75, 3.05) is 6.61 Å². The number of rotatable bonds is 12. The molecule has 6 nitrogen and oxygen atoms in total. The van der Waals surface area contributed by atoms with Gasteiger partial charge in [0.2, 0.25) is 0 Å². The Kier molecular flexibility index (Phi) is 12.6. The van der Waals surface area contributed by atoms with Crippen LogP contribution in [0.3, 0.4) is 0 Å². The van der Waals surface area contributed by atoms with Crippen LogP contribution in [0.4, 0.5) is 0 Å². The molecule has 10 heteroatoms. The van der Waals surface area contributed by atoms with Gasteiger partial charge in [0.1, 0.15) is 12.3 Å². The Bertz CT molecular complexity index is 1250. The Hall–Kier alpha value is -2.06. The van der Waals surface area contributed by atoms with Crippen LogP contribution in [0.2, 0.25) is 0 Å². The smallest absolute Gasteiger partial charge is 0.302 e. The van der Waals surface area contributed by atoms with Gasteiger partial charge in [0.05, 0.1) is 16.2 Å². The van der Waals surface area contributed by atoms with E-state index in [1.807, 2.05) is 49.4 Å². The van der Waals surface area contributed by atoms with Crippen LogP contribution in [0.25, 0.3) is 0 Å². The highest BCUT2D eigenvalue weighted by atomic mass is 35.5.